The zero-order chi connectivity index (χ0) is 7.28. The average molecular weight is 135 g/mol. The smallest absolute Gasteiger partial charge is 0.134 e. The predicted molar refractivity (Wildman–Crippen MR) is 32.7 cm³/mol. The van der Waals surface area contributed by atoms with Gasteiger partial charge in [-0.2, -0.15) is 0 Å². The molecule has 4 heteroatoms. The highest BCUT2D eigenvalue weighted by molar-refractivity contribution is 4.59. The second-order valence-electron chi connectivity index (χ2n) is 1.67. The van der Waals surface area contributed by atoms with Crippen molar-refractivity contribution in [2.75, 3.05) is 13.2 Å². The summed E-state index contributed by atoms with van der Waals surface area (Å²) in [5, 5.41) is 17.1. The van der Waals surface area contributed by atoms with Crippen LogP contribution in [0.4, 0.5) is 0 Å². The number of aliphatic hydroxyl groups excluding tert-OH is 2. The van der Waals surface area contributed by atoms with Gasteiger partial charge in [-0.15, -0.1) is 0 Å². The first-order valence-electron chi connectivity index (χ1n) is 2.88. The first kappa shape index (κ1) is 8.84. The van der Waals surface area contributed by atoms with E-state index in [1.165, 1.54) is 0 Å². The summed E-state index contributed by atoms with van der Waals surface area (Å²) in [5.41, 5.74) is 5.21. The van der Waals surface area contributed by atoms with Gasteiger partial charge in [-0.3, -0.25) is 0 Å². The molecule has 0 aromatic rings. The molecule has 0 aliphatic carbocycles. The molecule has 0 aromatic carbocycles. The lowest BCUT2D eigenvalue weighted by molar-refractivity contribution is -0.0503. The Kier molecular flexibility index (Phi) is 4.61. The monoisotopic (exact) mass is 135 g/mol. The van der Waals surface area contributed by atoms with E-state index in [9.17, 15) is 0 Å². The highest BCUT2D eigenvalue weighted by Gasteiger charge is 2.11. The number of rotatable bonds is 4. The zero-order valence-corrected chi connectivity index (χ0v) is 5.45. The molecule has 0 bridgehead atoms. The summed E-state index contributed by atoms with van der Waals surface area (Å²) in [6.07, 6.45) is -1.73. The van der Waals surface area contributed by atoms with Crippen LogP contribution in [-0.2, 0) is 4.74 Å². The van der Waals surface area contributed by atoms with Gasteiger partial charge >= 0.3 is 0 Å². The molecular formula is C5H13NO3. The van der Waals surface area contributed by atoms with E-state index >= 15 is 0 Å². The Labute approximate surface area is 54.2 Å². The minimum absolute atomic E-state index is 0.360. The predicted octanol–water partition coefficient (Wildman–Crippen LogP) is -1.34. The molecule has 9 heavy (non-hydrogen) atoms. The van der Waals surface area contributed by atoms with E-state index in [4.69, 9.17) is 20.7 Å². The van der Waals surface area contributed by atoms with Crippen molar-refractivity contribution in [1.29, 1.82) is 0 Å². The normalized spacial score (nSPS) is 17.3. The third-order valence-electron chi connectivity index (χ3n) is 0.925. The van der Waals surface area contributed by atoms with Crippen LogP contribution >= 0.6 is 0 Å². The van der Waals surface area contributed by atoms with E-state index in [-0.39, 0.29) is 6.61 Å². The Hall–Kier alpha value is -0.160. The van der Waals surface area contributed by atoms with Crippen LogP contribution in [0.2, 0.25) is 0 Å². The van der Waals surface area contributed by atoms with Gasteiger partial charge in [0.15, 0.2) is 0 Å². The molecule has 2 unspecified atom stereocenters. The summed E-state index contributed by atoms with van der Waals surface area (Å²) in [6.45, 7) is 1.85. The van der Waals surface area contributed by atoms with Crippen molar-refractivity contribution in [1.82, 2.24) is 0 Å². The minimum Gasteiger partial charge on any atom is -0.394 e. The molecule has 0 aliphatic heterocycles. The van der Waals surface area contributed by atoms with Crippen molar-refractivity contribution < 1.29 is 14.9 Å². The molecule has 0 radical (unpaired) electrons. The molecule has 56 valence electrons. The lowest BCUT2D eigenvalue weighted by Gasteiger charge is -2.15. The van der Waals surface area contributed by atoms with Crippen LogP contribution in [0.15, 0.2) is 0 Å². The van der Waals surface area contributed by atoms with Gasteiger partial charge in [-0.25, -0.2) is 0 Å². The van der Waals surface area contributed by atoms with Crippen LogP contribution in [0.3, 0.4) is 0 Å². The van der Waals surface area contributed by atoms with Crippen LogP contribution in [-0.4, -0.2) is 35.8 Å². The Morgan fingerprint density at radius 1 is 1.67 bits per heavy atom. The van der Waals surface area contributed by atoms with Gasteiger partial charge in [0.1, 0.15) is 12.3 Å². The van der Waals surface area contributed by atoms with Gasteiger partial charge in [0.05, 0.1) is 6.61 Å². The van der Waals surface area contributed by atoms with E-state index in [2.05, 4.69) is 0 Å². The van der Waals surface area contributed by atoms with Crippen LogP contribution in [0, 0.1) is 0 Å². The summed E-state index contributed by atoms with van der Waals surface area (Å²) in [5.74, 6) is 0. The maximum absolute atomic E-state index is 8.76. The molecule has 4 nitrogen and oxygen atoms in total. The average Bonchev–Trinajstić information content (AvgIpc) is 1.87. The van der Waals surface area contributed by atoms with Crippen LogP contribution in [0.5, 0.6) is 0 Å². The van der Waals surface area contributed by atoms with Crippen LogP contribution < -0.4 is 5.73 Å². The molecule has 0 spiro atoms. The van der Waals surface area contributed by atoms with Crippen molar-refractivity contribution >= 4 is 0 Å². The molecule has 0 rings (SSSR count). The van der Waals surface area contributed by atoms with Crippen molar-refractivity contribution in [3.05, 3.63) is 0 Å². The van der Waals surface area contributed by atoms with E-state index in [1.807, 2.05) is 0 Å². The second-order valence-corrected chi connectivity index (χ2v) is 1.67. The number of aliphatic hydroxyl groups is 2. The van der Waals surface area contributed by atoms with Crippen molar-refractivity contribution in [2.24, 2.45) is 5.73 Å². The fraction of sp³-hybridized carbons (Fsp3) is 1.00. The summed E-state index contributed by atoms with van der Waals surface area (Å²) in [4.78, 5) is 0. The first-order valence-corrected chi connectivity index (χ1v) is 2.88. The fourth-order valence-electron chi connectivity index (χ4n) is 0.407. The first-order chi connectivity index (χ1) is 4.22. The molecule has 0 saturated carbocycles. The molecular weight excluding hydrogens is 122 g/mol. The van der Waals surface area contributed by atoms with Crippen molar-refractivity contribution in [3.8, 4) is 0 Å². The molecule has 0 heterocycles. The van der Waals surface area contributed by atoms with Gasteiger partial charge < -0.3 is 20.7 Å². The van der Waals surface area contributed by atoms with Crippen molar-refractivity contribution in [2.45, 2.75) is 19.3 Å². The Morgan fingerprint density at radius 3 is 2.56 bits per heavy atom. The molecule has 0 fully saturated rings. The van der Waals surface area contributed by atoms with Crippen LogP contribution in [0.25, 0.3) is 0 Å². The van der Waals surface area contributed by atoms with E-state index in [1.54, 1.807) is 6.92 Å². The number of hydrogen-bond acceptors (Lipinski definition) is 4. The summed E-state index contributed by atoms with van der Waals surface area (Å²) in [6, 6.07) is 0. The molecule has 0 saturated heterocycles. The van der Waals surface area contributed by atoms with Crippen molar-refractivity contribution in [3.63, 3.8) is 0 Å². The van der Waals surface area contributed by atoms with E-state index < -0.39 is 12.3 Å². The maximum Gasteiger partial charge on any atom is 0.134 e. The van der Waals surface area contributed by atoms with E-state index in [0.29, 0.717) is 6.61 Å². The highest BCUT2D eigenvalue weighted by atomic mass is 16.5. The van der Waals surface area contributed by atoms with Gasteiger partial charge in [0.25, 0.3) is 0 Å². The molecule has 2 atom stereocenters. The zero-order valence-electron chi connectivity index (χ0n) is 5.45. The summed E-state index contributed by atoms with van der Waals surface area (Å²) in [7, 11) is 0. The molecule has 0 aliphatic rings. The van der Waals surface area contributed by atoms with E-state index in [0.717, 1.165) is 0 Å². The lowest BCUT2D eigenvalue weighted by Crippen LogP contribution is -2.39. The largest absolute Gasteiger partial charge is 0.394 e. The topological polar surface area (TPSA) is 75.7 Å². The quantitative estimate of drug-likeness (QED) is 0.417. The summed E-state index contributed by atoms with van der Waals surface area (Å²) < 4.78 is 4.76. The van der Waals surface area contributed by atoms with Crippen LogP contribution in [0.1, 0.15) is 6.92 Å². The highest BCUT2D eigenvalue weighted by Crippen LogP contribution is 1.89. The Balaban J connectivity index is 3.32. The minimum atomic E-state index is -0.968. The van der Waals surface area contributed by atoms with Gasteiger partial charge in [0, 0.05) is 6.61 Å². The van der Waals surface area contributed by atoms with Gasteiger partial charge in [0.2, 0.25) is 0 Å². The summed E-state index contributed by atoms with van der Waals surface area (Å²) >= 11 is 0. The Morgan fingerprint density at radius 2 is 2.22 bits per heavy atom. The number of hydrogen-bond donors (Lipinski definition) is 3. The standard InChI is InChI=1S/C5H13NO3/c1-2-9-5(6)4(8)3-7/h4-5,7-8H,2-3,6H2,1H3. The number of ether oxygens (including phenoxy) is 1. The molecule has 0 amide bonds. The van der Waals surface area contributed by atoms with Gasteiger partial charge in [-0.05, 0) is 6.92 Å². The molecule has 0 aromatic heterocycles. The number of nitrogens with two attached hydrogens (primary N) is 1. The third kappa shape index (κ3) is 3.42. The second kappa shape index (κ2) is 4.69. The SMILES string of the molecule is CCOC(N)C(O)CO. The lowest BCUT2D eigenvalue weighted by atomic mass is 10.3. The Bertz CT molecular complexity index is 69.2. The third-order valence-corrected chi connectivity index (χ3v) is 0.925. The fourth-order valence-corrected chi connectivity index (χ4v) is 0.407. The molecule has 4 N–H and O–H groups in total. The van der Waals surface area contributed by atoms with Gasteiger partial charge in [-0.1, -0.05) is 0 Å². The maximum atomic E-state index is 8.76.